The van der Waals surface area contributed by atoms with E-state index in [0.29, 0.717) is 17.3 Å². The topological polar surface area (TPSA) is 85.3 Å². The van der Waals surface area contributed by atoms with Gasteiger partial charge in [0.05, 0.1) is 11.6 Å². The molecule has 0 saturated heterocycles. The Morgan fingerprint density at radius 3 is 2.39 bits per heavy atom. The van der Waals surface area contributed by atoms with Crippen molar-refractivity contribution in [3.63, 3.8) is 0 Å². The SMILES string of the molecule is O=c1ccc2c(C(O)CCCCCCCCNCCc3ccccc3)ccc(O)c2[nH]1. The highest BCUT2D eigenvalue weighted by atomic mass is 16.3. The van der Waals surface area contributed by atoms with E-state index in [1.54, 1.807) is 12.1 Å². The average molecular weight is 423 g/mol. The van der Waals surface area contributed by atoms with Gasteiger partial charge in [-0.1, -0.05) is 68.5 Å². The highest BCUT2D eigenvalue weighted by Gasteiger charge is 2.13. The van der Waals surface area contributed by atoms with Gasteiger partial charge in [0.2, 0.25) is 5.56 Å². The molecule has 0 bridgehead atoms. The number of aromatic hydroxyl groups is 1. The van der Waals surface area contributed by atoms with Crippen molar-refractivity contribution >= 4 is 10.9 Å². The Hall–Kier alpha value is -2.63. The van der Waals surface area contributed by atoms with Gasteiger partial charge in [-0.05, 0) is 55.6 Å². The van der Waals surface area contributed by atoms with Crippen molar-refractivity contribution < 1.29 is 10.2 Å². The zero-order chi connectivity index (χ0) is 21.9. The molecule has 0 spiro atoms. The molecule has 1 heterocycles. The van der Waals surface area contributed by atoms with E-state index in [-0.39, 0.29) is 11.3 Å². The molecule has 0 amide bonds. The van der Waals surface area contributed by atoms with Crippen molar-refractivity contribution in [3.05, 3.63) is 76.1 Å². The summed E-state index contributed by atoms with van der Waals surface area (Å²) in [6, 6.07) is 16.9. The predicted octanol–water partition coefficient (Wildman–Crippen LogP) is 4.83. The number of phenolic OH excluding ortho intramolecular Hbond substituents is 1. The molecule has 1 unspecified atom stereocenters. The molecule has 0 aliphatic rings. The lowest BCUT2D eigenvalue weighted by Gasteiger charge is -2.14. The number of fused-ring (bicyclic) bond motifs is 1. The molecule has 1 aromatic heterocycles. The van der Waals surface area contributed by atoms with E-state index in [9.17, 15) is 15.0 Å². The van der Waals surface area contributed by atoms with Crippen LogP contribution in [0.2, 0.25) is 0 Å². The van der Waals surface area contributed by atoms with Crippen LogP contribution in [-0.4, -0.2) is 28.3 Å². The molecule has 2 aromatic carbocycles. The third kappa shape index (κ3) is 7.23. The normalized spacial score (nSPS) is 12.3. The third-order valence-corrected chi connectivity index (χ3v) is 5.78. The number of rotatable bonds is 13. The summed E-state index contributed by atoms with van der Waals surface area (Å²) in [6.07, 6.45) is 8.07. The van der Waals surface area contributed by atoms with Crippen molar-refractivity contribution in [2.75, 3.05) is 13.1 Å². The highest BCUT2D eigenvalue weighted by Crippen LogP contribution is 2.31. The van der Waals surface area contributed by atoms with Gasteiger partial charge < -0.3 is 20.5 Å². The van der Waals surface area contributed by atoms with Gasteiger partial charge in [-0.3, -0.25) is 4.79 Å². The second-order valence-electron chi connectivity index (χ2n) is 8.20. The Bertz CT molecular complexity index is 985. The first-order valence-corrected chi connectivity index (χ1v) is 11.4. The van der Waals surface area contributed by atoms with Crippen molar-refractivity contribution in [2.45, 2.75) is 57.5 Å². The number of aliphatic hydroxyl groups excluding tert-OH is 1. The Morgan fingerprint density at radius 2 is 1.58 bits per heavy atom. The van der Waals surface area contributed by atoms with E-state index >= 15 is 0 Å². The molecular formula is C26H34N2O3. The second-order valence-corrected chi connectivity index (χ2v) is 8.20. The van der Waals surface area contributed by atoms with Crippen molar-refractivity contribution in [1.82, 2.24) is 10.3 Å². The zero-order valence-corrected chi connectivity index (χ0v) is 18.1. The number of H-pyrrole nitrogens is 1. The van der Waals surface area contributed by atoms with E-state index in [1.807, 2.05) is 0 Å². The van der Waals surface area contributed by atoms with Gasteiger partial charge >= 0.3 is 0 Å². The Kier molecular flexibility index (Phi) is 9.13. The van der Waals surface area contributed by atoms with Crippen molar-refractivity contribution in [2.24, 2.45) is 0 Å². The van der Waals surface area contributed by atoms with Crippen LogP contribution in [0.1, 0.15) is 62.2 Å². The Labute approximate surface area is 184 Å². The maximum atomic E-state index is 11.5. The summed E-state index contributed by atoms with van der Waals surface area (Å²) >= 11 is 0. The first-order chi connectivity index (χ1) is 15.1. The smallest absolute Gasteiger partial charge is 0.248 e. The fourth-order valence-electron chi connectivity index (χ4n) is 4.00. The number of hydrogen-bond donors (Lipinski definition) is 4. The molecule has 3 rings (SSSR count). The number of nitrogens with one attached hydrogen (secondary N) is 2. The van der Waals surface area contributed by atoms with Crippen LogP contribution < -0.4 is 10.9 Å². The number of aliphatic hydroxyl groups is 1. The molecule has 0 fully saturated rings. The minimum absolute atomic E-state index is 0.0261. The molecule has 0 aliphatic heterocycles. The van der Waals surface area contributed by atoms with E-state index in [2.05, 4.69) is 40.6 Å². The molecule has 4 N–H and O–H groups in total. The lowest BCUT2D eigenvalue weighted by Crippen LogP contribution is -2.18. The summed E-state index contributed by atoms with van der Waals surface area (Å²) in [5, 5.41) is 24.8. The molecule has 0 aliphatic carbocycles. The quantitative estimate of drug-likeness (QED) is 0.297. The van der Waals surface area contributed by atoms with Gasteiger partial charge in [0.25, 0.3) is 0 Å². The largest absolute Gasteiger partial charge is 0.506 e. The number of aromatic nitrogens is 1. The Morgan fingerprint density at radius 1 is 0.839 bits per heavy atom. The number of pyridine rings is 1. The highest BCUT2D eigenvalue weighted by molar-refractivity contribution is 5.87. The van der Waals surface area contributed by atoms with Crippen LogP contribution in [0.5, 0.6) is 5.75 Å². The number of hydrogen-bond acceptors (Lipinski definition) is 4. The lowest BCUT2D eigenvalue weighted by atomic mass is 9.98. The molecular weight excluding hydrogens is 388 g/mol. The van der Waals surface area contributed by atoms with Crippen LogP contribution in [-0.2, 0) is 6.42 Å². The molecule has 5 heteroatoms. The van der Waals surface area contributed by atoms with E-state index in [1.165, 1.54) is 43.4 Å². The van der Waals surface area contributed by atoms with Crippen LogP contribution in [0.3, 0.4) is 0 Å². The van der Waals surface area contributed by atoms with Crippen LogP contribution >= 0.6 is 0 Å². The van der Waals surface area contributed by atoms with Crippen molar-refractivity contribution in [3.8, 4) is 5.75 Å². The van der Waals surface area contributed by atoms with Crippen LogP contribution in [0.15, 0.2) is 59.4 Å². The van der Waals surface area contributed by atoms with E-state index in [4.69, 9.17) is 0 Å². The number of aromatic amines is 1. The summed E-state index contributed by atoms with van der Waals surface area (Å²) in [4.78, 5) is 14.2. The van der Waals surface area contributed by atoms with Crippen molar-refractivity contribution in [1.29, 1.82) is 0 Å². The summed E-state index contributed by atoms with van der Waals surface area (Å²) in [7, 11) is 0. The molecule has 31 heavy (non-hydrogen) atoms. The first kappa shape index (κ1) is 23.0. The van der Waals surface area contributed by atoms with Crippen LogP contribution in [0, 0.1) is 0 Å². The zero-order valence-electron chi connectivity index (χ0n) is 18.1. The first-order valence-electron chi connectivity index (χ1n) is 11.4. The van der Waals surface area contributed by atoms with Gasteiger partial charge in [0.15, 0.2) is 0 Å². The fraction of sp³-hybridized carbons (Fsp3) is 0.423. The predicted molar refractivity (Wildman–Crippen MR) is 127 cm³/mol. The third-order valence-electron chi connectivity index (χ3n) is 5.78. The molecule has 166 valence electrons. The number of unbranched alkanes of at least 4 members (excludes halogenated alkanes) is 5. The van der Waals surface area contributed by atoms with Gasteiger partial charge in [0.1, 0.15) is 5.75 Å². The maximum Gasteiger partial charge on any atom is 0.248 e. The van der Waals surface area contributed by atoms with Gasteiger partial charge in [-0.15, -0.1) is 0 Å². The second kappa shape index (κ2) is 12.3. The average Bonchev–Trinajstić information content (AvgIpc) is 2.78. The molecule has 5 nitrogen and oxygen atoms in total. The molecule has 1 atom stereocenters. The molecule has 0 saturated carbocycles. The molecule has 0 radical (unpaired) electrons. The fourth-order valence-corrected chi connectivity index (χ4v) is 4.00. The Balaban J connectivity index is 1.26. The summed E-state index contributed by atoms with van der Waals surface area (Å²) in [5.41, 5.74) is 2.26. The van der Waals surface area contributed by atoms with Crippen LogP contribution in [0.4, 0.5) is 0 Å². The van der Waals surface area contributed by atoms with Gasteiger partial charge in [-0.25, -0.2) is 0 Å². The standard InChI is InChI=1S/C26H34N2O3/c29-23(21-13-15-24(30)26-22(21)14-16-25(31)28-26)12-8-3-1-2-4-9-18-27-19-17-20-10-6-5-7-11-20/h5-7,10-11,13-16,23,27,29-30H,1-4,8-9,12,17-19H2,(H,28,31). The number of phenols is 1. The van der Waals surface area contributed by atoms with E-state index < -0.39 is 6.10 Å². The summed E-state index contributed by atoms with van der Waals surface area (Å²) < 4.78 is 0. The number of benzene rings is 2. The van der Waals surface area contributed by atoms with Gasteiger partial charge in [0, 0.05) is 11.5 Å². The lowest BCUT2D eigenvalue weighted by molar-refractivity contribution is 0.164. The van der Waals surface area contributed by atoms with E-state index in [0.717, 1.165) is 37.9 Å². The summed E-state index contributed by atoms with van der Waals surface area (Å²) in [6.45, 7) is 2.10. The minimum atomic E-state index is -0.595. The summed E-state index contributed by atoms with van der Waals surface area (Å²) in [5.74, 6) is 0.0261. The minimum Gasteiger partial charge on any atom is -0.506 e. The monoisotopic (exact) mass is 422 g/mol. The van der Waals surface area contributed by atoms with Crippen LogP contribution in [0.25, 0.3) is 10.9 Å². The molecule has 3 aromatic rings. The maximum absolute atomic E-state index is 11.5. The van der Waals surface area contributed by atoms with Gasteiger partial charge in [-0.2, -0.15) is 0 Å².